The van der Waals surface area contributed by atoms with E-state index in [1.54, 1.807) is 19.9 Å². The Labute approximate surface area is 124 Å². The van der Waals surface area contributed by atoms with E-state index in [0.29, 0.717) is 16.7 Å². The van der Waals surface area contributed by atoms with Crippen molar-refractivity contribution in [3.8, 4) is 0 Å². The van der Waals surface area contributed by atoms with E-state index in [1.807, 2.05) is 13.0 Å². The van der Waals surface area contributed by atoms with Crippen LogP contribution in [0, 0.1) is 13.8 Å². The van der Waals surface area contributed by atoms with E-state index in [1.165, 1.54) is 0 Å². The van der Waals surface area contributed by atoms with Gasteiger partial charge in [0.25, 0.3) is 0 Å². The SMILES string of the molecule is CCCCn1c(C)c(C(C)=O)c2cc(C)c(C(=O)O)cc21. The number of fused-ring (bicyclic) bond motifs is 1. The summed E-state index contributed by atoms with van der Waals surface area (Å²) in [6.45, 7) is 8.17. The van der Waals surface area contributed by atoms with E-state index in [9.17, 15) is 14.7 Å². The third-order valence-corrected chi connectivity index (χ3v) is 3.99. The first kappa shape index (κ1) is 15.3. The van der Waals surface area contributed by atoms with Crippen molar-refractivity contribution in [3.63, 3.8) is 0 Å². The molecule has 2 aromatic rings. The van der Waals surface area contributed by atoms with Gasteiger partial charge >= 0.3 is 5.97 Å². The average Bonchev–Trinajstić information content (AvgIpc) is 2.66. The van der Waals surface area contributed by atoms with Gasteiger partial charge < -0.3 is 9.67 Å². The van der Waals surface area contributed by atoms with Crippen molar-refractivity contribution in [1.82, 2.24) is 4.57 Å². The third kappa shape index (κ3) is 2.58. The lowest BCUT2D eigenvalue weighted by molar-refractivity contribution is 0.0696. The molecule has 2 rings (SSSR count). The molecule has 21 heavy (non-hydrogen) atoms. The number of hydrogen-bond acceptors (Lipinski definition) is 2. The summed E-state index contributed by atoms with van der Waals surface area (Å²) in [5.41, 5.74) is 3.46. The molecule has 4 nitrogen and oxygen atoms in total. The van der Waals surface area contributed by atoms with Gasteiger partial charge in [0.15, 0.2) is 5.78 Å². The predicted molar refractivity (Wildman–Crippen MR) is 83.3 cm³/mol. The van der Waals surface area contributed by atoms with Crippen molar-refractivity contribution in [2.75, 3.05) is 0 Å². The monoisotopic (exact) mass is 287 g/mol. The summed E-state index contributed by atoms with van der Waals surface area (Å²) in [5, 5.41) is 10.2. The molecule has 0 aliphatic rings. The summed E-state index contributed by atoms with van der Waals surface area (Å²) in [5.74, 6) is -0.908. The molecule has 0 aliphatic carbocycles. The molecule has 0 saturated carbocycles. The number of carboxylic acid groups (broad SMARTS) is 1. The van der Waals surface area contributed by atoms with E-state index in [0.717, 1.165) is 36.0 Å². The summed E-state index contributed by atoms with van der Waals surface area (Å²) < 4.78 is 2.07. The Kier molecular flexibility index (Phi) is 4.16. The van der Waals surface area contributed by atoms with Gasteiger partial charge in [0.05, 0.1) is 5.56 Å². The molecular weight excluding hydrogens is 266 g/mol. The number of Topliss-reactive ketones (excluding diaryl/α,β-unsaturated/α-hetero) is 1. The highest BCUT2D eigenvalue weighted by molar-refractivity contribution is 6.10. The molecule has 0 atom stereocenters. The smallest absolute Gasteiger partial charge is 0.336 e. The molecule has 0 amide bonds. The minimum absolute atomic E-state index is 0.0234. The number of rotatable bonds is 5. The molecule has 0 aliphatic heterocycles. The topological polar surface area (TPSA) is 59.3 Å². The van der Waals surface area contributed by atoms with E-state index in [2.05, 4.69) is 11.5 Å². The van der Waals surface area contributed by atoms with Crippen LogP contribution in [0.1, 0.15) is 58.7 Å². The molecule has 0 bridgehead atoms. The summed E-state index contributed by atoms with van der Waals surface area (Å²) >= 11 is 0. The standard InChI is InChI=1S/C17H21NO3/c1-5-6-7-18-11(3)16(12(4)19)14-8-10(2)13(17(20)21)9-15(14)18/h8-9H,5-7H2,1-4H3,(H,20,21). The fourth-order valence-corrected chi connectivity index (χ4v) is 2.91. The lowest BCUT2D eigenvalue weighted by Crippen LogP contribution is -2.03. The second-order valence-electron chi connectivity index (χ2n) is 5.51. The van der Waals surface area contributed by atoms with Crippen molar-refractivity contribution >= 4 is 22.7 Å². The molecule has 1 heterocycles. The molecule has 0 saturated heterocycles. The fourth-order valence-electron chi connectivity index (χ4n) is 2.91. The molecule has 1 aromatic heterocycles. The van der Waals surface area contributed by atoms with Gasteiger partial charge in [0, 0.05) is 28.7 Å². The first-order valence-electron chi connectivity index (χ1n) is 7.26. The zero-order chi connectivity index (χ0) is 15.7. The Morgan fingerprint density at radius 1 is 1.24 bits per heavy atom. The van der Waals surface area contributed by atoms with Crippen molar-refractivity contribution in [2.24, 2.45) is 0 Å². The van der Waals surface area contributed by atoms with Gasteiger partial charge in [-0.3, -0.25) is 4.79 Å². The number of carbonyl (C=O) groups is 2. The number of aromatic nitrogens is 1. The number of unbranched alkanes of at least 4 members (excludes halogenated alkanes) is 1. The summed E-state index contributed by atoms with van der Waals surface area (Å²) in [7, 11) is 0. The van der Waals surface area contributed by atoms with Crippen LogP contribution in [0.5, 0.6) is 0 Å². The predicted octanol–water partition coefficient (Wildman–Crippen LogP) is 3.96. The van der Waals surface area contributed by atoms with Gasteiger partial charge in [-0.25, -0.2) is 4.79 Å². The normalized spacial score (nSPS) is 11.0. The maximum Gasteiger partial charge on any atom is 0.336 e. The summed E-state index contributed by atoms with van der Waals surface area (Å²) in [6, 6.07) is 3.52. The Bertz CT molecular complexity index is 725. The highest BCUT2D eigenvalue weighted by Crippen LogP contribution is 2.29. The first-order valence-corrected chi connectivity index (χ1v) is 7.26. The largest absolute Gasteiger partial charge is 0.478 e. The average molecular weight is 287 g/mol. The first-order chi connectivity index (χ1) is 9.88. The van der Waals surface area contributed by atoms with Gasteiger partial charge in [-0.2, -0.15) is 0 Å². The van der Waals surface area contributed by atoms with Gasteiger partial charge in [0.1, 0.15) is 0 Å². The van der Waals surface area contributed by atoms with Gasteiger partial charge in [0.2, 0.25) is 0 Å². The highest BCUT2D eigenvalue weighted by Gasteiger charge is 2.19. The van der Waals surface area contributed by atoms with Crippen LogP contribution in [0.3, 0.4) is 0 Å². The summed E-state index contributed by atoms with van der Waals surface area (Å²) in [4.78, 5) is 23.3. The van der Waals surface area contributed by atoms with Gasteiger partial charge in [-0.05, 0) is 44.9 Å². The number of carbonyl (C=O) groups excluding carboxylic acids is 1. The minimum atomic E-state index is -0.931. The second kappa shape index (κ2) is 5.72. The van der Waals surface area contributed by atoms with Crippen molar-refractivity contribution < 1.29 is 14.7 Å². The zero-order valence-corrected chi connectivity index (χ0v) is 13.0. The number of carboxylic acids is 1. The molecule has 0 spiro atoms. The van der Waals surface area contributed by atoms with Crippen LogP contribution >= 0.6 is 0 Å². The van der Waals surface area contributed by atoms with E-state index < -0.39 is 5.97 Å². The lowest BCUT2D eigenvalue weighted by Gasteiger charge is -2.08. The fraction of sp³-hybridized carbons (Fsp3) is 0.412. The van der Waals surface area contributed by atoms with E-state index >= 15 is 0 Å². The molecule has 4 heteroatoms. The Balaban J connectivity index is 2.81. The Hall–Kier alpha value is -2.10. The number of aromatic carboxylic acids is 1. The maximum absolute atomic E-state index is 12.0. The molecular formula is C17H21NO3. The van der Waals surface area contributed by atoms with E-state index in [4.69, 9.17) is 0 Å². The van der Waals surface area contributed by atoms with Crippen LogP contribution in [0.25, 0.3) is 10.9 Å². The van der Waals surface area contributed by atoms with Crippen LogP contribution in [0.2, 0.25) is 0 Å². The van der Waals surface area contributed by atoms with Crippen molar-refractivity contribution in [2.45, 2.75) is 47.1 Å². The zero-order valence-electron chi connectivity index (χ0n) is 13.0. The van der Waals surface area contributed by atoms with Crippen LogP contribution in [-0.4, -0.2) is 21.4 Å². The number of benzene rings is 1. The Morgan fingerprint density at radius 3 is 2.43 bits per heavy atom. The maximum atomic E-state index is 12.0. The molecule has 1 aromatic carbocycles. The van der Waals surface area contributed by atoms with Crippen molar-refractivity contribution in [3.05, 3.63) is 34.5 Å². The molecule has 1 N–H and O–H groups in total. The molecule has 0 unspecified atom stereocenters. The third-order valence-electron chi connectivity index (χ3n) is 3.99. The quantitative estimate of drug-likeness (QED) is 0.847. The molecule has 0 fully saturated rings. The van der Waals surface area contributed by atoms with Crippen LogP contribution < -0.4 is 0 Å². The lowest BCUT2D eigenvalue weighted by atomic mass is 10.0. The number of aryl methyl sites for hydroxylation is 2. The highest BCUT2D eigenvalue weighted by atomic mass is 16.4. The molecule has 0 radical (unpaired) electrons. The van der Waals surface area contributed by atoms with Crippen molar-refractivity contribution in [1.29, 1.82) is 0 Å². The Morgan fingerprint density at radius 2 is 1.90 bits per heavy atom. The molecule has 112 valence electrons. The van der Waals surface area contributed by atoms with Gasteiger partial charge in [-0.15, -0.1) is 0 Å². The minimum Gasteiger partial charge on any atom is -0.478 e. The summed E-state index contributed by atoms with van der Waals surface area (Å²) in [6.07, 6.45) is 2.05. The van der Waals surface area contributed by atoms with E-state index in [-0.39, 0.29) is 5.78 Å². The van der Waals surface area contributed by atoms with Crippen LogP contribution in [0.15, 0.2) is 12.1 Å². The number of hydrogen-bond donors (Lipinski definition) is 1. The van der Waals surface area contributed by atoms with Crippen LogP contribution in [0.4, 0.5) is 0 Å². The second-order valence-corrected chi connectivity index (χ2v) is 5.51. The van der Waals surface area contributed by atoms with Crippen LogP contribution in [-0.2, 0) is 6.54 Å². The van der Waals surface area contributed by atoms with Gasteiger partial charge in [-0.1, -0.05) is 13.3 Å². The number of ketones is 1. The number of nitrogens with zero attached hydrogens (tertiary/aromatic N) is 1.